The second-order valence-corrected chi connectivity index (χ2v) is 3.35. The van der Waals surface area contributed by atoms with E-state index in [1.807, 2.05) is 30.3 Å². The number of anilines is 1. The van der Waals surface area contributed by atoms with Gasteiger partial charge in [0.25, 0.3) is 0 Å². The summed E-state index contributed by atoms with van der Waals surface area (Å²) in [6, 6.07) is 11.0. The Kier molecular flexibility index (Phi) is 2.59. The lowest BCUT2D eigenvalue weighted by molar-refractivity contribution is 0.179. The zero-order valence-electron chi connectivity index (χ0n) is 8.83. The second-order valence-electron chi connectivity index (χ2n) is 3.35. The van der Waals surface area contributed by atoms with E-state index in [-0.39, 0.29) is 5.82 Å². The predicted molar refractivity (Wildman–Crippen MR) is 60.2 cm³/mol. The Hall–Kier alpha value is -2.30. The van der Waals surface area contributed by atoms with E-state index in [1.54, 1.807) is 6.92 Å². The average molecular weight is 216 g/mol. The van der Waals surface area contributed by atoms with Crippen LogP contribution >= 0.6 is 0 Å². The van der Waals surface area contributed by atoms with Crippen molar-refractivity contribution >= 4 is 11.5 Å². The summed E-state index contributed by atoms with van der Waals surface area (Å²) in [4.78, 5) is 8.38. The van der Waals surface area contributed by atoms with Crippen molar-refractivity contribution in [2.75, 3.05) is 5.73 Å². The maximum atomic E-state index is 9.38. The molecule has 0 aliphatic carbocycles. The average Bonchev–Trinajstić information content (AvgIpc) is 2.27. The van der Waals surface area contributed by atoms with Gasteiger partial charge in [0.05, 0.1) is 5.69 Å². The Morgan fingerprint density at radius 2 is 2.00 bits per heavy atom. The Balaban J connectivity index is 2.54. The van der Waals surface area contributed by atoms with Crippen molar-refractivity contribution in [3.63, 3.8) is 0 Å². The minimum Gasteiger partial charge on any atom is -0.425 e. The topological polar surface area (TPSA) is 76.4 Å². The molecule has 5 heteroatoms. The van der Waals surface area contributed by atoms with Gasteiger partial charge in [-0.05, 0) is 19.1 Å². The number of hydrogen-bond donors (Lipinski definition) is 2. The highest BCUT2D eigenvalue weighted by Crippen LogP contribution is 2.08. The number of nitrogens with two attached hydrogens (primary N) is 1. The van der Waals surface area contributed by atoms with Gasteiger partial charge < -0.3 is 10.9 Å². The second kappa shape index (κ2) is 4.06. The quantitative estimate of drug-likeness (QED) is 0.704. The van der Waals surface area contributed by atoms with Crippen LogP contribution in [-0.4, -0.2) is 14.9 Å². The number of hydrogen-bond acceptors (Lipinski definition) is 4. The predicted octanol–water partition coefficient (Wildman–Crippen LogP) is 1.24. The van der Waals surface area contributed by atoms with Crippen LogP contribution in [0.15, 0.2) is 41.4 Å². The lowest BCUT2D eigenvalue weighted by Crippen LogP contribution is -2.17. The summed E-state index contributed by atoms with van der Waals surface area (Å²) in [5.41, 5.74) is 6.86. The fourth-order valence-electron chi connectivity index (χ4n) is 1.32. The van der Waals surface area contributed by atoms with Gasteiger partial charge in [0.2, 0.25) is 0 Å². The third-order valence-electron chi connectivity index (χ3n) is 2.10. The first-order valence-corrected chi connectivity index (χ1v) is 4.82. The van der Waals surface area contributed by atoms with Crippen molar-refractivity contribution in [3.8, 4) is 0 Å². The van der Waals surface area contributed by atoms with Gasteiger partial charge in [-0.1, -0.05) is 18.2 Å². The summed E-state index contributed by atoms with van der Waals surface area (Å²) in [7, 11) is 0. The van der Waals surface area contributed by atoms with Crippen molar-refractivity contribution < 1.29 is 5.21 Å². The van der Waals surface area contributed by atoms with E-state index in [1.165, 1.54) is 6.07 Å². The van der Waals surface area contributed by atoms with Gasteiger partial charge >= 0.3 is 0 Å². The van der Waals surface area contributed by atoms with Gasteiger partial charge in [-0.2, -0.15) is 4.73 Å². The van der Waals surface area contributed by atoms with Gasteiger partial charge in [-0.25, -0.2) is 9.98 Å². The summed E-state index contributed by atoms with van der Waals surface area (Å²) >= 11 is 0. The minimum atomic E-state index is 0.210. The van der Waals surface area contributed by atoms with Crippen LogP contribution in [0.2, 0.25) is 0 Å². The molecule has 16 heavy (non-hydrogen) atoms. The monoisotopic (exact) mass is 216 g/mol. The number of nitrogens with zero attached hydrogens (tertiary/aromatic N) is 3. The van der Waals surface area contributed by atoms with E-state index in [2.05, 4.69) is 9.98 Å². The van der Waals surface area contributed by atoms with E-state index < -0.39 is 0 Å². The van der Waals surface area contributed by atoms with Crippen LogP contribution in [0.3, 0.4) is 0 Å². The molecule has 1 heterocycles. The van der Waals surface area contributed by atoms with E-state index in [0.717, 1.165) is 10.4 Å². The molecule has 0 spiro atoms. The number of rotatable bonds is 1. The molecule has 0 aliphatic rings. The zero-order valence-corrected chi connectivity index (χ0v) is 8.83. The van der Waals surface area contributed by atoms with Crippen LogP contribution in [0, 0.1) is 6.92 Å². The lowest BCUT2D eigenvalue weighted by Gasteiger charge is -2.04. The van der Waals surface area contributed by atoms with E-state index >= 15 is 0 Å². The van der Waals surface area contributed by atoms with Gasteiger partial charge in [0.1, 0.15) is 11.6 Å². The first-order chi connectivity index (χ1) is 7.66. The number of aromatic nitrogens is 2. The smallest absolute Gasteiger partial charge is 0.158 e. The zero-order chi connectivity index (χ0) is 11.5. The molecule has 0 saturated carbocycles. The molecular formula is C11H12N4O. The molecule has 0 unspecified atom stereocenters. The summed E-state index contributed by atoms with van der Waals surface area (Å²) in [5.74, 6) is 0.608. The molecule has 1 aromatic carbocycles. The molecule has 0 atom stereocenters. The Morgan fingerprint density at radius 3 is 2.62 bits per heavy atom. The summed E-state index contributed by atoms with van der Waals surface area (Å²) < 4.78 is 0.823. The normalized spacial score (nSPS) is 11.7. The highest BCUT2D eigenvalue weighted by molar-refractivity contribution is 5.36. The van der Waals surface area contributed by atoms with E-state index in [9.17, 15) is 5.21 Å². The van der Waals surface area contributed by atoms with Crippen LogP contribution in [0.4, 0.5) is 11.5 Å². The number of benzene rings is 1. The molecule has 0 saturated heterocycles. The molecule has 1 aromatic heterocycles. The molecular weight excluding hydrogens is 204 g/mol. The standard InChI is InChI=1S/C11H12N4O/c1-8-13-11(7-10(12)15(8)16)14-9-5-3-2-4-6-9/h2-7,16H,12H2,1H3. The fourth-order valence-corrected chi connectivity index (χ4v) is 1.32. The first kappa shape index (κ1) is 10.2. The third kappa shape index (κ3) is 2.03. The SMILES string of the molecule is Cc1nc(=Nc2ccccc2)cc(N)n1O. The Morgan fingerprint density at radius 1 is 1.31 bits per heavy atom. The Labute approximate surface area is 92.5 Å². The fraction of sp³-hybridized carbons (Fsp3) is 0.0909. The largest absolute Gasteiger partial charge is 0.425 e. The van der Waals surface area contributed by atoms with E-state index in [4.69, 9.17) is 5.73 Å². The molecule has 3 N–H and O–H groups in total. The molecule has 5 nitrogen and oxygen atoms in total. The molecule has 0 bridgehead atoms. The van der Waals surface area contributed by atoms with Crippen molar-refractivity contribution in [1.29, 1.82) is 0 Å². The highest BCUT2D eigenvalue weighted by atomic mass is 16.5. The molecule has 0 fully saturated rings. The minimum absolute atomic E-state index is 0.210. The number of nitrogen functional groups attached to an aromatic ring is 1. The molecule has 0 amide bonds. The van der Waals surface area contributed by atoms with Crippen molar-refractivity contribution in [3.05, 3.63) is 47.7 Å². The third-order valence-corrected chi connectivity index (χ3v) is 2.10. The number of para-hydroxylation sites is 1. The Bertz CT molecular complexity index is 534. The maximum absolute atomic E-state index is 9.38. The van der Waals surface area contributed by atoms with Crippen molar-refractivity contribution in [2.24, 2.45) is 4.99 Å². The van der Waals surface area contributed by atoms with Crippen molar-refractivity contribution in [2.45, 2.75) is 6.92 Å². The summed E-state index contributed by atoms with van der Waals surface area (Å²) in [6.45, 7) is 1.65. The molecule has 0 radical (unpaired) electrons. The maximum Gasteiger partial charge on any atom is 0.158 e. The first-order valence-electron chi connectivity index (χ1n) is 4.82. The van der Waals surface area contributed by atoms with Crippen LogP contribution in [-0.2, 0) is 0 Å². The van der Waals surface area contributed by atoms with Gasteiger partial charge in [-0.15, -0.1) is 0 Å². The highest BCUT2D eigenvalue weighted by Gasteiger charge is 1.99. The van der Waals surface area contributed by atoms with Gasteiger partial charge in [0, 0.05) is 6.07 Å². The molecule has 2 aromatic rings. The molecule has 0 aliphatic heterocycles. The van der Waals surface area contributed by atoms with Gasteiger partial charge in [-0.3, -0.25) is 0 Å². The van der Waals surface area contributed by atoms with Crippen LogP contribution in [0.5, 0.6) is 0 Å². The van der Waals surface area contributed by atoms with E-state index in [0.29, 0.717) is 11.3 Å². The molecule has 2 rings (SSSR count). The lowest BCUT2D eigenvalue weighted by atomic mass is 10.3. The summed E-state index contributed by atoms with van der Waals surface area (Å²) in [5, 5.41) is 9.38. The molecule has 82 valence electrons. The number of aryl methyl sites for hydroxylation is 1. The van der Waals surface area contributed by atoms with Gasteiger partial charge in [0.15, 0.2) is 5.49 Å². The summed E-state index contributed by atoms with van der Waals surface area (Å²) in [6.07, 6.45) is 0. The van der Waals surface area contributed by atoms with Crippen molar-refractivity contribution in [1.82, 2.24) is 9.71 Å². The van der Waals surface area contributed by atoms with Crippen LogP contribution in [0.25, 0.3) is 0 Å². The van der Waals surface area contributed by atoms with Crippen LogP contribution < -0.4 is 11.2 Å². The van der Waals surface area contributed by atoms with Crippen LogP contribution in [0.1, 0.15) is 5.82 Å².